The summed E-state index contributed by atoms with van der Waals surface area (Å²) in [4.78, 5) is 35.7. The number of aromatic nitrogens is 4. The van der Waals surface area contributed by atoms with E-state index in [1.165, 1.54) is 32.8 Å². The van der Waals surface area contributed by atoms with Crippen molar-refractivity contribution in [2.75, 3.05) is 27.3 Å². The summed E-state index contributed by atoms with van der Waals surface area (Å²) in [5.74, 6) is 0.141. The molecule has 0 aliphatic rings. The fraction of sp³-hybridized carbons (Fsp3) is 0.222. The van der Waals surface area contributed by atoms with Crippen molar-refractivity contribution in [1.82, 2.24) is 30.7 Å². The minimum Gasteiger partial charge on any atom is -0.493 e. The largest absolute Gasteiger partial charge is 0.493 e. The maximum Gasteiger partial charge on any atom is 0.316 e. The third-order valence-corrected chi connectivity index (χ3v) is 3.75. The van der Waals surface area contributed by atoms with Gasteiger partial charge in [-0.3, -0.25) is 14.6 Å². The Kier molecular flexibility index (Phi) is 6.30. The second-order valence-corrected chi connectivity index (χ2v) is 5.60. The number of hydrogen-bond acceptors (Lipinski definition) is 9. The van der Waals surface area contributed by atoms with Crippen LogP contribution in [-0.4, -0.2) is 59.2 Å². The van der Waals surface area contributed by atoms with Crippen LogP contribution in [0.15, 0.2) is 41.3 Å². The molecule has 2 aromatic heterocycles. The smallest absolute Gasteiger partial charge is 0.316 e. The summed E-state index contributed by atoms with van der Waals surface area (Å²) in [5.41, 5.74) is 0.789. The van der Waals surface area contributed by atoms with E-state index in [-0.39, 0.29) is 36.4 Å². The average molecular weight is 398 g/mol. The van der Waals surface area contributed by atoms with Gasteiger partial charge in [-0.2, -0.15) is 4.98 Å². The highest BCUT2D eigenvalue weighted by Crippen LogP contribution is 2.31. The van der Waals surface area contributed by atoms with Crippen molar-refractivity contribution in [3.63, 3.8) is 0 Å². The number of ether oxygens (including phenoxy) is 2. The first-order valence-electron chi connectivity index (χ1n) is 8.51. The quantitative estimate of drug-likeness (QED) is 0.524. The lowest BCUT2D eigenvalue weighted by Crippen LogP contribution is -2.35. The molecular formula is C18H18N6O5. The molecule has 0 saturated carbocycles. The van der Waals surface area contributed by atoms with Crippen LogP contribution in [0.25, 0.3) is 11.4 Å². The molecule has 0 fully saturated rings. The number of amides is 2. The second kappa shape index (κ2) is 9.26. The van der Waals surface area contributed by atoms with Crippen LogP contribution in [0.5, 0.6) is 11.5 Å². The molecule has 0 spiro atoms. The zero-order valence-electron chi connectivity index (χ0n) is 15.7. The van der Waals surface area contributed by atoms with Gasteiger partial charge < -0.3 is 24.6 Å². The number of nitrogens with one attached hydrogen (secondary N) is 2. The molecule has 11 heteroatoms. The van der Waals surface area contributed by atoms with Crippen LogP contribution < -0.4 is 20.1 Å². The second-order valence-electron chi connectivity index (χ2n) is 5.60. The van der Waals surface area contributed by atoms with Gasteiger partial charge in [0.2, 0.25) is 5.82 Å². The van der Waals surface area contributed by atoms with Gasteiger partial charge in [0, 0.05) is 31.0 Å². The minimum absolute atomic E-state index is 0.166. The van der Waals surface area contributed by atoms with Gasteiger partial charge in [0.05, 0.1) is 20.4 Å². The van der Waals surface area contributed by atoms with Crippen LogP contribution in [0.1, 0.15) is 21.2 Å². The van der Waals surface area contributed by atoms with Gasteiger partial charge in [-0.1, -0.05) is 5.16 Å². The number of carbonyl (C=O) groups excluding carboxylic acids is 2. The highest BCUT2D eigenvalue weighted by molar-refractivity contribution is 5.92. The Balaban J connectivity index is 1.54. The van der Waals surface area contributed by atoms with Gasteiger partial charge in [0.25, 0.3) is 5.91 Å². The SMILES string of the molecule is COc1ccc(-c2noc(C(=O)NCCNC(=O)c3cnccn3)n2)cc1OC. The molecule has 0 bridgehead atoms. The highest BCUT2D eigenvalue weighted by atomic mass is 16.5. The molecular weight excluding hydrogens is 380 g/mol. The van der Waals surface area contributed by atoms with Crippen LogP contribution in [0, 0.1) is 0 Å². The van der Waals surface area contributed by atoms with Crippen molar-refractivity contribution in [2.45, 2.75) is 0 Å². The van der Waals surface area contributed by atoms with Crippen molar-refractivity contribution in [3.05, 3.63) is 48.4 Å². The number of hydrogen-bond donors (Lipinski definition) is 2. The van der Waals surface area contributed by atoms with E-state index in [0.717, 1.165) is 0 Å². The molecule has 0 aliphatic heterocycles. The van der Waals surface area contributed by atoms with E-state index in [2.05, 4.69) is 30.7 Å². The summed E-state index contributed by atoms with van der Waals surface area (Å²) >= 11 is 0. The third kappa shape index (κ3) is 4.83. The Morgan fingerprint density at radius 3 is 2.48 bits per heavy atom. The van der Waals surface area contributed by atoms with E-state index in [9.17, 15) is 9.59 Å². The molecule has 0 atom stereocenters. The van der Waals surface area contributed by atoms with Crippen molar-refractivity contribution < 1.29 is 23.6 Å². The lowest BCUT2D eigenvalue weighted by Gasteiger charge is -2.07. The topological polar surface area (TPSA) is 141 Å². The Morgan fingerprint density at radius 2 is 1.79 bits per heavy atom. The highest BCUT2D eigenvalue weighted by Gasteiger charge is 2.17. The number of nitrogens with zero attached hydrogens (tertiary/aromatic N) is 4. The van der Waals surface area contributed by atoms with Gasteiger partial charge in [-0.05, 0) is 18.2 Å². The predicted molar refractivity (Wildman–Crippen MR) is 99.5 cm³/mol. The van der Waals surface area contributed by atoms with Crippen molar-refractivity contribution in [2.24, 2.45) is 0 Å². The first kappa shape index (κ1) is 19.7. The molecule has 0 saturated heterocycles. The normalized spacial score (nSPS) is 10.3. The van der Waals surface area contributed by atoms with E-state index >= 15 is 0 Å². The molecule has 1 aromatic carbocycles. The van der Waals surface area contributed by atoms with Crippen LogP contribution in [0.3, 0.4) is 0 Å². The lowest BCUT2D eigenvalue weighted by molar-refractivity contribution is 0.0897. The molecule has 2 N–H and O–H groups in total. The van der Waals surface area contributed by atoms with E-state index in [1.807, 2.05) is 0 Å². The van der Waals surface area contributed by atoms with Crippen molar-refractivity contribution in [3.8, 4) is 22.9 Å². The molecule has 0 unspecified atom stereocenters. The van der Waals surface area contributed by atoms with Gasteiger partial charge in [-0.25, -0.2) is 4.98 Å². The summed E-state index contributed by atoms with van der Waals surface area (Å²) in [6.45, 7) is 0.358. The van der Waals surface area contributed by atoms with Crippen LogP contribution in [0.2, 0.25) is 0 Å². The predicted octanol–water partition coefficient (Wildman–Crippen LogP) is 0.704. The first-order valence-corrected chi connectivity index (χ1v) is 8.51. The third-order valence-electron chi connectivity index (χ3n) is 3.75. The van der Waals surface area contributed by atoms with Crippen LogP contribution >= 0.6 is 0 Å². The van der Waals surface area contributed by atoms with Gasteiger partial charge in [-0.15, -0.1) is 0 Å². The Bertz CT molecular complexity index is 991. The maximum absolute atomic E-state index is 12.1. The average Bonchev–Trinajstić information content (AvgIpc) is 3.27. The number of benzene rings is 1. The summed E-state index contributed by atoms with van der Waals surface area (Å²) < 4.78 is 15.4. The fourth-order valence-electron chi connectivity index (χ4n) is 2.34. The van der Waals surface area contributed by atoms with E-state index in [1.54, 1.807) is 18.2 Å². The van der Waals surface area contributed by atoms with E-state index in [0.29, 0.717) is 17.1 Å². The zero-order chi connectivity index (χ0) is 20.6. The monoisotopic (exact) mass is 398 g/mol. The molecule has 2 amide bonds. The molecule has 11 nitrogen and oxygen atoms in total. The van der Waals surface area contributed by atoms with Crippen molar-refractivity contribution in [1.29, 1.82) is 0 Å². The maximum atomic E-state index is 12.1. The van der Waals surface area contributed by atoms with E-state index < -0.39 is 5.91 Å². The zero-order valence-corrected chi connectivity index (χ0v) is 15.7. The lowest BCUT2D eigenvalue weighted by atomic mass is 10.2. The Morgan fingerprint density at radius 1 is 1.03 bits per heavy atom. The summed E-state index contributed by atoms with van der Waals surface area (Å²) in [5, 5.41) is 9.00. The van der Waals surface area contributed by atoms with Crippen LogP contribution in [0.4, 0.5) is 0 Å². The first-order chi connectivity index (χ1) is 14.1. The summed E-state index contributed by atoms with van der Waals surface area (Å²) in [6.07, 6.45) is 4.24. The standard InChI is InChI=1S/C18H18N6O5/c1-27-13-4-3-11(9-14(13)28-2)15-23-18(29-24-15)17(26)22-8-7-21-16(25)12-10-19-5-6-20-12/h3-6,9-10H,7-8H2,1-2H3,(H,21,25)(H,22,26). The Labute approximate surface area is 165 Å². The minimum atomic E-state index is -0.557. The van der Waals surface area contributed by atoms with Gasteiger partial charge >= 0.3 is 11.8 Å². The number of rotatable bonds is 8. The molecule has 29 heavy (non-hydrogen) atoms. The molecule has 150 valence electrons. The fourth-order valence-corrected chi connectivity index (χ4v) is 2.34. The van der Waals surface area contributed by atoms with E-state index in [4.69, 9.17) is 14.0 Å². The van der Waals surface area contributed by atoms with Gasteiger partial charge in [0.1, 0.15) is 5.69 Å². The molecule has 2 heterocycles. The number of carbonyl (C=O) groups is 2. The molecule has 3 aromatic rings. The van der Waals surface area contributed by atoms with Crippen molar-refractivity contribution >= 4 is 11.8 Å². The van der Waals surface area contributed by atoms with Gasteiger partial charge in [0.15, 0.2) is 11.5 Å². The summed E-state index contributed by atoms with van der Waals surface area (Å²) in [6, 6.07) is 5.09. The Hall–Kier alpha value is -4.02. The summed E-state index contributed by atoms with van der Waals surface area (Å²) in [7, 11) is 3.05. The molecule has 3 rings (SSSR count). The molecule has 0 aliphatic carbocycles. The number of methoxy groups -OCH3 is 2. The molecule has 0 radical (unpaired) electrons. The van der Waals surface area contributed by atoms with Crippen LogP contribution in [-0.2, 0) is 0 Å².